The fourth-order valence-electron chi connectivity index (χ4n) is 1.58. The van der Waals surface area contributed by atoms with Crippen LogP contribution < -0.4 is 0 Å². The number of carbonyl (C=O) groups is 1. The molecule has 15 heavy (non-hydrogen) atoms. The number of fused-ring (bicyclic) bond motifs is 1. The first-order chi connectivity index (χ1) is 7.16. The number of hydrogen-bond donors (Lipinski definition) is 1. The highest BCUT2D eigenvalue weighted by molar-refractivity contribution is 5.76. The third-order valence-electron chi connectivity index (χ3n) is 2.42. The number of carboxylic acid groups (broad SMARTS) is 1. The summed E-state index contributed by atoms with van der Waals surface area (Å²) >= 11 is 0. The van der Waals surface area contributed by atoms with Crippen LogP contribution in [0.5, 0.6) is 0 Å². The minimum atomic E-state index is -0.764. The summed E-state index contributed by atoms with van der Waals surface area (Å²) in [6, 6.07) is 5.84. The van der Waals surface area contributed by atoms with E-state index < -0.39 is 5.97 Å². The molecule has 1 aromatic heterocycles. The van der Waals surface area contributed by atoms with Gasteiger partial charge in [-0.3, -0.25) is 4.79 Å². The van der Waals surface area contributed by atoms with Crippen LogP contribution in [0, 0.1) is 0 Å². The van der Waals surface area contributed by atoms with Gasteiger partial charge in [-0.15, -0.1) is 0 Å². The first kappa shape index (κ1) is 9.71. The Hall–Kier alpha value is -1.84. The molecule has 0 unspecified atom stereocenters. The van der Waals surface area contributed by atoms with Crippen molar-refractivity contribution in [1.82, 2.24) is 9.55 Å². The molecule has 1 heterocycles. The summed E-state index contributed by atoms with van der Waals surface area (Å²) in [6.07, 6.45) is 2.49. The summed E-state index contributed by atoms with van der Waals surface area (Å²) in [4.78, 5) is 14.6. The van der Waals surface area contributed by atoms with Gasteiger partial charge >= 0.3 is 5.97 Å². The first-order valence-corrected chi connectivity index (χ1v) is 4.78. The second kappa shape index (κ2) is 3.73. The van der Waals surface area contributed by atoms with Crippen LogP contribution in [0.4, 0.5) is 0 Å². The van der Waals surface area contributed by atoms with E-state index in [4.69, 9.17) is 5.11 Å². The molecule has 0 aliphatic heterocycles. The highest BCUT2D eigenvalue weighted by Crippen LogP contribution is 2.14. The molecule has 1 aromatic carbocycles. The summed E-state index contributed by atoms with van der Waals surface area (Å²) in [7, 11) is 1.93. The molecule has 2 rings (SSSR count). The number of hydrogen-bond acceptors (Lipinski definition) is 2. The standard InChI is InChI=1S/C11H12N2O2/c1-13-7-12-9-4-2-8(6-10(9)13)3-5-11(14)15/h2,4,6-7H,3,5H2,1H3,(H,14,15). The molecule has 1 N–H and O–H groups in total. The summed E-state index contributed by atoms with van der Waals surface area (Å²) in [5, 5.41) is 8.59. The van der Waals surface area contributed by atoms with E-state index in [2.05, 4.69) is 4.98 Å². The van der Waals surface area contributed by atoms with Crippen molar-refractivity contribution in [1.29, 1.82) is 0 Å². The summed E-state index contributed by atoms with van der Waals surface area (Å²) in [5.74, 6) is -0.764. The Labute approximate surface area is 87.2 Å². The van der Waals surface area contributed by atoms with Gasteiger partial charge in [-0.25, -0.2) is 4.98 Å². The van der Waals surface area contributed by atoms with Gasteiger partial charge in [0, 0.05) is 13.5 Å². The van der Waals surface area contributed by atoms with Crippen molar-refractivity contribution in [2.45, 2.75) is 12.8 Å². The zero-order valence-electron chi connectivity index (χ0n) is 8.47. The summed E-state index contributed by atoms with van der Waals surface area (Å²) in [6.45, 7) is 0. The van der Waals surface area contributed by atoms with E-state index in [9.17, 15) is 4.79 Å². The van der Waals surface area contributed by atoms with Gasteiger partial charge in [0.15, 0.2) is 0 Å². The minimum Gasteiger partial charge on any atom is -0.481 e. The Bertz CT molecular complexity index is 502. The Balaban J connectivity index is 2.29. The summed E-state index contributed by atoms with van der Waals surface area (Å²) in [5.41, 5.74) is 3.02. The van der Waals surface area contributed by atoms with Gasteiger partial charge in [-0.1, -0.05) is 6.07 Å². The zero-order chi connectivity index (χ0) is 10.8. The molecule has 78 valence electrons. The van der Waals surface area contributed by atoms with Gasteiger partial charge in [-0.2, -0.15) is 0 Å². The van der Waals surface area contributed by atoms with E-state index >= 15 is 0 Å². The smallest absolute Gasteiger partial charge is 0.303 e. The normalized spacial score (nSPS) is 10.7. The van der Waals surface area contributed by atoms with Crippen molar-refractivity contribution in [3.05, 3.63) is 30.1 Å². The molecule has 4 heteroatoms. The van der Waals surface area contributed by atoms with Gasteiger partial charge in [0.2, 0.25) is 0 Å². The van der Waals surface area contributed by atoms with Gasteiger partial charge in [-0.05, 0) is 24.1 Å². The summed E-state index contributed by atoms with van der Waals surface area (Å²) < 4.78 is 1.93. The maximum Gasteiger partial charge on any atom is 0.303 e. The molecule has 0 amide bonds. The van der Waals surface area contributed by atoms with E-state index in [-0.39, 0.29) is 6.42 Å². The number of benzene rings is 1. The molecule has 4 nitrogen and oxygen atoms in total. The SMILES string of the molecule is Cn1cnc2ccc(CCC(=O)O)cc21. The van der Waals surface area contributed by atoms with Gasteiger partial charge < -0.3 is 9.67 Å². The quantitative estimate of drug-likeness (QED) is 0.826. The molecule has 2 aromatic rings. The molecule has 0 aliphatic carbocycles. The van der Waals surface area contributed by atoms with Crippen molar-refractivity contribution in [3.63, 3.8) is 0 Å². The van der Waals surface area contributed by atoms with Crippen molar-refractivity contribution in [3.8, 4) is 0 Å². The van der Waals surface area contributed by atoms with Crippen molar-refractivity contribution >= 4 is 17.0 Å². The molecule has 0 fully saturated rings. The fourth-order valence-corrected chi connectivity index (χ4v) is 1.58. The molecule has 0 atom stereocenters. The van der Waals surface area contributed by atoms with Gasteiger partial charge in [0.25, 0.3) is 0 Å². The zero-order valence-corrected chi connectivity index (χ0v) is 8.47. The number of aromatic nitrogens is 2. The largest absolute Gasteiger partial charge is 0.481 e. The van der Waals surface area contributed by atoms with E-state index in [1.54, 1.807) is 6.33 Å². The lowest BCUT2D eigenvalue weighted by Gasteiger charge is -2.00. The average Bonchev–Trinajstić information content (AvgIpc) is 2.57. The third-order valence-corrected chi connectivity index (χ3v) is 2.42. The van der Waals surface area contributed by atoms with E-state index in [1.807, 2.05) is 29.8 Å². The van der Waals surface area contributed by atoms with Crippen LogP contribution in [0.2, 0.25) is 0 Å². The van der Waals surface area contributed by atoms with Crippen LogP contribution in [-0.4, -0.2) is 20.6 Å². The number of carboxylic acids is 1. The lowest BCUT2D eigenvalue weighted by molar-refractivity contribution is -0.136. The monoisotopic (exact) mass is 204 g/mol. The Morgan fingerprint density at radius 1 is 1.53 bits per heavy atom. The van der Waals surface area contributed by atoms with E-state index in [1.165, 1.54) is 0 Å². The maximum atomic E-state index is 10.4. The lowest BCUT2D eigenvalue weighted by Crippen LogP contribution is -1.97. The maximum absolute atomic E-state index is 10.4. The van der Waals surface area contributed by atoms with Crippen molar-refractivity contribution in [2.24, 2.45) is 7.05 Å². The van der Waals surface area contributed by atoms with Crippen LogP contribution in [0.15, 0.2) is 24.5 Å². The Kier molecular flexibility index (Phi) is 2.41. The van der Waals surface area contributed by atoms with Crippen molar-refractivity contribution < 1.29 is 9.90 Å². The molecule has 0 saturated carbocycles. The van der Waals surface area contributed by atoms with Gasteiger partial charge in [0.1, 0.15) is 0 Å². The molecule has 0 aliphatic rings. The Morgan fingerprint density at radius 3 is 3.07 bits per heavy atom. The number of nitrogens with zero attached hydrogens (tertiary/aromatic N) is 2. The number of rotatable bonds is 3. The third kappa shape index (κ3) is 1.98. The molecule has 0 spiro atoms. The van der Waals surface area contributed by atoms with E-state index in [0.29, 0.717) is 6.42 Å². The first-order valence-electron chi connectivity index (χ1n) is 4.78. The highest BCUT2D eigenvalue weighted by Gasteiger charge is 2.03. The number of aliphatic carboxylic acids is 1. The molecule has 0 bridgehead atoms. The van der Waals surface area contributed by atoms with Crippen LogP contribution in [-0.2, 0) is 18.3 Å². The predicted molar refractivity (Wildman–Crippen MR) is 56.7 cm³/mol. The average molecular weight is 204 g/mol. The lowest BCUT2D eigenvalue weighted by atomic mass is 10.1. The second-order valence-corrected chi connectivity index (χ2v) is 3.57. The topological polar surface area (TPSA) is 55.1 Å². The predicted octanol–water partition coefficient (Wildman–Crippen LogP) is 1.59. The van der Waals surface area contributed by atoms with Crippen LogP contribution in [0.3, 0.4) is 0 Å². The molecular weight excluding hydrogens is 192 g/mol. The molecular formula is C11H12N2O2. The minimum absolute atomic E-state index is 0.170. The molecule has 0 saturated heterocycles. The highest BCUT2D eigenvalue weighted by atomic mass is 16.4. The number of aryl methyl sites for hydroxylation is 2. The van der Waals surface area contributed by atoms with Crippen LogP contribution in [0.25, 0.3) is 11.0 Å². The van der Waals surface area contributed by atoms with Gasteiger partial charge in [0.05, 0.1) is 17.4 Å². The second-order valence-electron chi connectivity index (χ2n) is 3.57. The van der Waals surface area contributed by atoms with Crippen LogP contribution in [0.1, 0.15) is 12.0 Å². The molecule has 0 radical (unpaired) electrons. The Morgan fingerprint density at radius 2 is 2.33 bits per heavy atom. The van der Waals surface area contributed by atoms with Crippen LogP contribution >= 0.6 is 0 Å². The fraction of sp³-hybridized carbons (Fsp3) is 0.273. The number of imidazole rings is 1. The van der Waals surface area contributed by atoms with Crippen molar-refractivity contribution in [2.75, 3.05) is 0 Å². The van der Waals surface area contributed by atoms with E-state index in [0.717, 1.165) is 16.6 Å².